The molecule has 0 spiro atoms. The second kappa shape index (κ2) is 7.67. The van der Waals surface area contributed by atoms with Crippen molar-refractivity contribution in [2.24, 2.45) is 0 Å². The van der Waals surface area contributed by atoms with Crippen LogP contribution in [0.2, 0.25) is 0 Å². The van der Waals surface area contributed by atoms with E-state index in [2.05, 4.69) is 15.7 Å². The van der Waals surface area contributed by atoms with Gasteiger partial charge >= 0.3 is 12.0 Å². The molecule has 0 radical (unpaired) electrons. The molecule has 8 heteroatoms. The molecule has 0 saturated carbocycles. The van der Waals surface area contributed by atoms with Crippen molar-refractivity contribution in [3.05, 3.63) is 12.4 Å². The Labute approximate surface area is 115 Å². The van der Waals surface area contributed by atoms with Crippen molar-refractivity contribution in [1.29, 1.82) is 0 Å². The number of aromatic nitrogens is 2. The standard InChI is InChI=1S/C11H18N4O3S/c1-3-15-7-8(6-12-15)13-11(18)14-9(10(16)17)4-5-19-2/h6-7,9H,3-5H2,1-2H3,(H,16,17)(H2,13,14,18)/t9-/m0/s1. The van der Waals surface area contributed by atoms with Gasteiger partial charge in [0.2, 0.25) is 0 Å². The maximum Gasteiger partial charge on any atom is 0.326 e. The second-order valence-electron chi connectivity index (χ2n) is 3.86. The van der Waals surface area contributed by atoms with Crippen LogP contribution in [0.15, 0.2) is 12.4 Å². The van der Waals surface area contributed by atoms with Crippen LogP contribution in [0.5, 0.6) is 0 Å². The minimum Gasteiger partial charge on any atom is -0.480 e. The quantitative estimate of drug-likeness (QED) is 0.700. The molecule has 3 N–H and O–H groups in total. The lowest BCUT2D eigenvalue weighted by atomic mass is 10.2. The molecular weight excluding hydrogens is 268 g/mol. The van der Waals surface area contributed by atoms with Crippen molar-refractivity contribution in [3.8, 4) is 0 Å². The monoisotopic (exact) mass is 286 g/mol. The predicted octanol–water partition coefficient (Wildman–Crippen LogP) is 1.23. The van der Waals surface area contributed by atoms with Crippen LogP contribution in [0.1, 0.15) is 13.3 Å². The molecule has 0 aliphatic carbocycles. The van der Waals surface area contributed by atoms with E-state index in [1.54, 1.807) is 10.9 Å². The van der Waals surface area contributed by atoms with Crippen LogP contribution in [-0.4, -0.2) is 44.9 Å². The molecule has 1 aromatic heterocycles. The number of thioether (sulfide) groups is 1. The van der Waals surface area contributed by atoms with Gasteiger partial charge in [-0.05, 0) is 25.4 Å². The highest BCUT2D eigenvalue weighted by molar-refractivity contribution is 7.98. The van der Waals surface area contributed by atoms with E-state index in [1.807, 2.05) is 13.2 Å². The Bertz CT molecular complexity index is 435. The molecule has 7 nitrogen and oxygen atoms in total. The number of nitrogens with zero attached hydrogens (tertiary/aromatic N) is 2. The number of carbonyl (C=O) groups is 2. The number of carbonyl (C=O) groups excluding carboxylic acids is 1. The van der Waals surface area contributed by atoms with Crippen LogP contribution in [0.4, 0.5) is 10.5 Å². The Morgan fingerprint density at radius 2 is 2.32 bits per heavy atom. The van der Waals surface area contributed by atoms with Gasteiger partial charge in [-0.25, -0.2) is 9.59 Å². The summed E-state index contributed by atoms with van der Waals surface area (Å²) in [7, 11) is 0. The summed E-state index contributed by atoms with van der Waals surface area (Å²) in [6.07, 6.45) is 5.47. The zero-order valence-electron chi connectivity index (χ0n) is 10.9. The third-order valence-electron chi connectivity index (χ3n) is 2.43. The van der Waals surface area contributed by atoms with Gasteiger partial charge in [-0.3, -0.25) is 4.68 Å². The Hall–Kier alpha value is -1.70. The Balaban J connectivity index is 2.49. The molecule has 0 aliphatic heterocycles. The van der Waals surface area contributed by atoms with Gasteiger partial charge in [-0.2, -0.15) is 16.9 Å². The zero-order valence-corrected chi connectivity index (χ0v) is 11.7. The first-order valence-electron chi connectivity index (χ1n) is 5.88. The van der Waals surface area contributed by atoms with Crippen molar-refractivity contribution in [3.63, 3.8) is 0 Å². The lowest BCUT2D eigenvalue weighted by Crippen LogP contribution is -2.43. The summed E-state index contributed by atoms with van der Waals surface area (Å²) in [4.78, 5) is 22.6. The van der Waals surface area contributed by atoms with Crippen LogP contribution in [0, 0.1) is 0 Å². The normalized spacial score (nSPS) is 11.9. The number of aliphatic carboxylic acids is 1. The maximum absolute atomic E-state index is 11.7. The smallest absolute Gasteiger partial charge is 0.326 e. The molecule has 19 heavy (non-hydrogen) atoms. The van der Waals surface area contributed by atoms with Crippen LogP contribution < -0.4 is 10.6 Å². The Morgan fingerprint density at radius 3 is 2.84 bits per heavy atom. The lowest BCUT2D eigenvalue weighted by molar-refractivity contribution is -0.139. The molecule has 0 aliphatic rings. The topological polar surface area (TPSA) is 96.2 Å². The fourth-order valence-corrected chi connectivity index (χ4v) is 1.89. The van der Waals surface area contributed by atoms with Crippen molar-refractivity contribution >= 4 is 29.4 Å². The van der Waals surface area contributed by atoms with E-state index in [4.69, 9.17) is 5.11 Å². The molecule has 0 aromatic carbocycles. The van der Waals surface area contributed by atoms with E-state index in [9.17, 15) is 9.59 Å². The number of urea groups is 1. The molecule has 1 aromatic rings. The molecular formula is C11H18N4O3S. The van der Waals surface area contributed by atoms with Gasteiger partial charge < -0.3 is 15.7 Å². The maximum atomic E-state index is 11.7. The molecule has 1 rings (SSSR count). The van der Waals surface area contributed by atoms with Gasteiger partial charge in [-0.15, -0.1) is 0 Å². The number of anilines is 1. The minimum absolute atomic E-state index is 0.387. The number of aryl methyl sites for hydroxylation is 1. The van der Waals surface area contributed by atoms with Crippen molar-refractivity contribution in [1.82, 2.24) is 15.1 Å². The van der Waals surface area contributed by atoms with E-state index < -0.39 is 18.0 Å². The number of rotatable bonds is 7. The fraction of sp³-hybridized carbons (Fsp3) is 0.545. The summed E-state index contributed by atoms with van der Waals surface area (Å²) >= 11 is 1.54. The molecule has 106 valence electrons. The third-order valence-corrected chi connectivity index (χ3v) is 3.07. The average molecular weight is 286 g/mol. The average Bonchev–Trinajstić information content (AvgIpc) is 2.81. The Morgan fingerprint density at radius 1 is 1.58 bits per heavy atom. The molecule has 0 fully saturated rings. The summed E-state index contributed by atoms with van der Waals surface area (Å²) in [6, 6.07) is -1.42. The van der Waals surface area contributed by atoms with Gasteiger partial charge in [0.05, 0.1) is 11.9 Å². The van der Waals surface area contributed by atoms with Crippen molar-refractivity contribution in [2.45, 2.75) is 25.9 Å². The SMILES string of the molecule is CCn1cc(NC(=O)N[C@@H](CCSC)C(=O)O)cn1. The summed E-state index contributed by atoms with van der Waals surface area (Å²) in [5, 5.41) is 18.0. The summed E-state index contributed by atoms with van der Waals surface area (Å²) in [5.41, 5.74) is 0.536. The first-order chi connectivity index (χ1) is 9.06. The zero-order chi connectivity index (χ0) is 14.3. The highest BCUT2D eigenvalue weighted by atomic mass is 32.2. The van der Waals surface area contributed by atoms with Gasteiger partial charge in [0.15, 0.2) is 0 Å². The number of amides is 2. The third kappa shape index (κ3) is 5.21. The molecule has 0 saturated heterocycles. The van der Waals surface area contributed by atoms with Crippen molar-refractivity contribution in [2.75, 3.05) is 17.3 Å². The lowest BCUT2D eigenvalue weighted by Gasteiger charge is -2.13. The van der Waals surface area contributed by atoms with E-state index in [0.717, 1.165) is 0 Å². The van der Waals surface area contributed by atoms with Crippen LogP contribution in [-0.2, 0) is 11.3 Å². The van der Waals surface area contributed by atoms with Crippen LogP contribution >= 0.6 is 11.8 Å². The summed E-state index contributed by atoms with van der Waals surface area (Å²) in [6.45, 7) is 2.63. The second-order valence-corrected chi connectivity index (χ2v) is 4.84. The first-order valence-corrected chi connectivity index (χ1v) is 7.28. The van der Waals surface area contributed by atoms with Gasteiger partial charge in [0, 0.05) is 12.7 Å². The van der Waals surface area contributed by atoms with Gasteiger partial charge in [0.25, 0.3) is 0 Å². The molecule has 2 amide bonds. The largest absolute Gasteiger partial charge is 0.480 e. The van der Waals surface area contributed by atoms with E-state index in [0.29, 0.717) is 24.4 Å². The molecule has 0 bridgehead atoms. The molecule has 1 atom stereocenters. The summed E-state index contributed by atoms with van der Waals surface area (Å²) in [5.74, 6) is -0.362. The van der Waals surface area contributed by atoms with E-state index in [-0.39, 0.29) is 0 Å². The fourth-order valence-electron chi connectivity index (χ4n) is 1.42. The van der Waals surface area contributed by atoms with Gasteiger partial charge in [0.1, 0.15) is 6.04 Å². The highest BCUT2D eigenvalue weighted by Crippen LogP contribution is 2.05. The number of carboxylic acid groups (broad SMARTS) is 1. The van der Waals surface area contributed by atoms with Crippen molar-refractivity contribution < 1.29 is 14.7 Å². The minimum atomic E-state index is -1.03. The van der Waals surface area contributed by atoms with E-state index >= 15 is 0 Å². The van der Waals surface area contributed by atoms with Gasteiger partial charge in [-0.1, -0.05) is 0 Å². The molecule has 0 unspecified atom stereocenters. The number of hydrogen-bond acceptors (Lipinski definition) is 4. The van der Waals surface area contributed by atoms with Crippen LogP contribution in [0.25, 0.3) is 0 Å². The summed E-state index contributed by atoms with van der Waals surface area (Å²) < 4.78 is 1.66. The Kier molecular flexibility index (Phi) is 6.20. The highest BCUT2D eigenvalue weighted by Gasteiger charge is 2.19. The first kappa shape index (κ1) is 15.4. The number of carboxylic acids is 1. The predicted molar refractivity (Wildman–Crippen MR) is 74.5 cm³/mol. The van der Waals surface area contributed by atoms with Crippen LogP contribution in [0.3, 0.4) is 0 Å². The van der Waals surface area contributed by atoms with E-state index in [1.165, 1.54) is 18.0 Å². The number of nitrogens with one attached hydrogen (secondary N) is 2. The number of hydrogen-bond donors (Lipinski definition) is 3. The molecule has 1 heterocycles.